The molecule has 3 rings (SSSR count). The van der Waals surface area contributed by atoms with Gasteiger partial charge in [0.25, 0.3) is 0 Å². The van der Waals surface area contributed by atoms with Crippen LogP contribution in [0.5, 0.6) is 0 Å². The second-order valence-corrected chi connectivity index (χ2v) is 6.81. The molecule has 2 aliphatic rings. The summed E-state index contributed by atoms with van der Waals surface area (Å²) in [4.78, 5) is 0. The van der Waals surface area contributed by atoms with Crippen molar-refractivity contribution in [2.45, 2.75) is 76.9 Å². The van der Waals surface area contributed by atoms with Gasteiger partial charge >= 0.3 is 0 Å². The molecule has 2 fully saturated rings. The Labute approximate surface area is 116 Å². The summed E-state index contributed by atoms with van der Waals surface area (Å²) >= 11 is 0. The maximum atomic E-state index is 10.5. The van der Waals surface area contributed by atoms with Crippen molar-refractivity contribution in [3.05, 3.63) is 18.0 Å². The molecule has 0 aromatic carbocycles. The standard InChI is InChI=1S/C16H26N2O/c1-16(9-4-5-10-16)15(19)12-13-8-11-18(17-13)14-6-2-3-7-14/h8,11,14-15,19H,2-7,9-10,12H2,1H3. The zero-order valence-corrected chi connectivity index (χ0v) is 12.0. The van der Waals surface area contributed by atoms with E-state index in [2.05, 4.69) is 23.9 Å². The molecule has 3 nitrogen and oxygen atoms in total. The van der Waals surface area contributed by atoms with E-state index in [9.17, 15) is 5.11 Å². The number of rotatable bonds is 4. The van der Waals surface area contributed by atoms with E-state index in [-0.39, 0.29) is 11.5 Å². The number of nitrogens with zero attached hydrogens (tertiary/aromatic N) is 2. The van der Waals surface area contributed by atoms with Gasteiger partial charge in [0.05, 0.1) is 17.8 Å². The summed E-state index contributed by atoms with van der Waals surface area (Å²) in [5.41, 5.74) is 1.18. The Morgan fingerprint density at radius 3 is 2.68 bits per heavy atom. The normalized spacial score (nSPS) is 24.9. The highest BCUT2D eigenvalue weighted by Gasteiger charge is 2.36. The van der Waals surface area contributed by atoms with Gasteiger partial charge in [-0.05, 0) is 37.2 Å². The summed E-state index contributed by atoms with van der Waals surface area (Å²) < 4.78 is 2.13. The lowest BCUT2D eigenvalue weighted by molar-refractivity contribution is 0.0415. The third-order valence-electron chi connectivity index (χ3n) is 5.32. The van der Waals surface area contributed by atoms with Crippen molar-refractivity contribution in [1.29, 1.82) is 0 Å². The lowest BCUT2D eigenvalue weighted by Gasteiger charge is -2.29. The van der Waals surface area contributed by atoms with Crippen LogP contribution < -0.4 is 0 Å². The lowest BCUT2D eigenvalue weighted by atomic mass is 9.80. The fourth-order valence-electron chi connectivity index (χ4n) is 3.82. The number of aliphatic hydroxyl groups excluding tert-OH is 1. The minimum Gasteiger partial charge on any atom is -0.392 e. The average molecular weight is 262 g/mol. The van der Waals surface area contributed by atoms with E-state index in [1.165, 1.54) is 38.5 Å². The second kappa shape index (κ2) is 5.28. The maximum Gasteiger partial charge on any atom is 0.0650 e. The van der Waals surface area contributed by atoms with Crippen LogP contribution in [0.25, 0.3) is 0 Å². The third kappa shape index (κ3) is 2.71. The molecule has 0 radical (unpaired) electrons. The highest BCUT2D eigenvalue weighted by atomic mass is 16.3. The predicted molar refractivity (Wildman–Crippen MR) is 76.0 cm³/mol. The fourth-order valence-corrected chi connectivity index (χ4v) is 3.82. The highest BCUT2D eigenvalue weighted by molar-refractivity contribution is 5.04. The molecule has 1 unspecified atom stereocenters. The first-order valence-corrected chi connectivity index (χ1v) is 7.89. The van der Waals surface area contributed by atoms with Gasteiger partial charge in [-0.3, -0.25) is 4.68 Å². The van der Waals surface area contributed by atoms with Gasteiger partial charge < -0.3 is 5.11 Å². The molecule has 0 spiro atoms. The molecule has 19 heavy (non-hydrogen) atoms. The van der Waals surface area contributed by atoms with Crippen LogP contribution >= 0.6 is 0 Å². The van der Waals surface area contributed by atoms with Crippen molar-refractivity contribution >= 4 is 0 Å². The Morgan fingerprint density at radius 1 is 1.32 bits per heavy atom. The van der Waals surface area contributed by atoms with Crippen LogP contribution in [0.15, 0.2) is 12.3 Å². The van der Waals surface area contributed by atoms with Crippen molar-refractivity contribution in [3.63, 3.8) is 0 Å². The van der Waals surface area contributed by atoms with Crippen LogP contribution in [0.1, 0.15) is 70.0 Å². The van der Waals surface area contributed by atoms with Crippen molar-refractivity contribution in [2.24, 2.45) is 5.41 Å². The predicted octanol–water partition coefficient (Wildman–Crippen LogP) is 3.48. The Balaban J connectivity index is 1.63. The quantitative estimate of drug-likeness (QED) is 0.902. The van der Waals surface area contributed by atoms with Crippen molar-refractivity contribution in [3.8, 4) is 0 Å². The van der Waals surface area contributed by atoms with Crippen molar-refractivity contribution in [2.75, 3.05) is 0 Å². The van der Waals surface area contributed by atoms with E-state index in [0.717, 1.165) is 25.0 Å². The van der Waals surface area contributed by atoms with E-state index < -0.39 is 0 Å². The van der Waals surface area contributed by atoms with Crippen LogP contribution in [0.3, 0.4) is 0 Å². The van der Waals surface area contributed by atoms with Gasteiger partial charge in [-0.2, -0.15) is 5.10 Å². The number of aromatic nitrogens is 2. The van der Waals surface area contributed by atoms with Crippen LogP contribution in [0.2, 0.25) is 0 Å². The first kappa shape index (κ1) is 13.2. The van der Waals surface area contributed by atoms with Crippen molar-refractivity contribution < 1.29 is 5.11 Å². The minimum absolute atomic E-state index is 0.122. The zero-order valence-electron chi connectivity index (χ0n) is 12.0. The molecule has 0 saturated heterocycles. The maximum absolute atomic E-state index is 10.5. The molecule has 2 saturated carbocycles. The molecule has 3 heteroatoms. The van der Waals surface area contributed by atoms with Gasteiger partial charge in [0, 0.05) is 12.6 Å². The van der Waals surface area contributed by atoms with Crippen LogP contribution in [-0.2, 0) is 6.42 Å². The fraction of sp³-hybridized carbons (Fsp3) is 0.812. The van der Waals surface area contributed by atoms with Gasteiger partial charge in [0.1, 0.15) is 0 Å². The Kier molecular flexibility index (Phi) is 3.66. The molecular formula is C16H26N2O. The van der Waals surface area contributed by atoms with Gasteiger partial charge in [0.2, 0.25) is 0 Å². The third-order valence-corrected chi connectivity index (χ3v) is 5.32. The minimum atomic E-state index is -0.234. The van der Waals surface area contributed by atoms with E-state index >= 15 is 0 Å². The first-order chi connectivity index (χ1) is 9.17. The molecular weight excluding hydrogens is 236 g/mol. The molecule has 2 aliphatic carbocycles. The molecule has 1 aromatic rings. The molecule has 106 valence electrons. The Morgan fingerprint density at radius 2 is 2.00 bits per heavy atom. The smallest absolute Gasteiger partial charge is 0.0650 e. The van der Waals surface area contributed by atoms with Gasteiger partial charge in [-0.25, -0.2) is 0 Å². The summed E-state index contributed by atoms with van der Waals surface area (Å²) in [6.07, 6.45) is 12.7. The molecule has 0 amide bonds. The summed E-state index contributed by atoms with van der Waals surface area (Å²) in [6.45, 7) is 2.23. The number of hydrogen-bond donors (Lipinski definition) is 1. The van der Waals surface area contributed by atoms with Crippen LogP contribution in [-0.4, -0.2) is 21.0 Å². The number of hydrogen-bond acceptors (Lipinski definition) is 2. The van der Waals surface area contributed by atoms with E-state index in [1.807, 2.05) is 0 Å². The molecule has 1 atom stereocenters. The lowest BCUT2D eigenvalue weighted by Crippen LogP contribution is -2.31. The van der Waals surface area contributed by atoms with Crippen LogP contribution in [0, 0.1) is 5.41 Å². The van der Waals surface area contributed by atoms with E-state index in [0.29, 0.717) is 6.04 Å². The largest absolute Gasteiger partial charge is 0.392 e. The molecule has 0 bridgehead atoms. The number of aliphatic hydroxyl groups is 1. The van der Waals surface area contributed by atoms with E-state index in [4.69, 9.17) is 5.10 Å². The molecule has 1 heterocycles. The first-order valence-electron chi connectivity index (χ1n) is 7.89. The zero-order chi connectivity index (χ0) is 13.3. The summed E-state index contributed by atoms with van der Waals surface area (Å²) in [6, 6.07) is 2.70. The SMILES string of the molecule is CC1(C(O)Cc2ccn(C3CCCC3)n2)CCCC1. The molecule has 1 aromatic heterocycles. The highest BCUT2D eigenvalue weighted by Crippen LogP contribution is 2.41. The van der Waals surface area contributed by atoms with Crippen molar-refractivity contribution in [1.82, 2.24) is 9.78 Å². The van der Waals surface area contributed by atoms with E-state index in [1.54, 1.807) is 0 Å². The monoisotopic (exact) mass is 262 g/mol. The molecule has 0 aliphatic heterocycles. The second-order valence-electron chi connectivity index (χ2n) is 6.81. The Hall–Kier alpha value is -0.830. The van der Waals surface area contributed by atoms with Gasteiger partial charge in [-0.15, -0.1) is 0 Å². The van der Waals surface area contributed by atoms with Gasteiger partial charge in [-0.1, -0.05) is 32.6 Å². The average Bonchev–Trinajstić information content (AvgIpc) is 3.08. The Bertz CT molecular complexity index is 414. The molecule has 1 N–H and O–H groups in total. The summed E-state index contributed by atoms with van der Waals surface area (Å²) in [5.74, 6) is 0. The summed E-state index contributed by atoms with van der Waals surface area (Å²) in [7, 11) is 0. The summed E-state index contributed by atoms with van der Waals surface area (Å²) in [5, 5.41) is 15.2. The topological polar surface area (TPSA) is 38.0 Å². The van der Waals surface area contributed by atoms with Gasteiger partial charge in [0.15, 0.2) is 0 Å². The van der Waals surface area contributed by atoms with Crippen LogP contribution in [0.4, 0.5) is 0 Å².